The summed E-state index contributed by atoms with van der Waals surface area (Å²) in [6.07, 6.45) is 3.96. The monoisotopic (exact) mass is 331 g/mol. The quantitative estimate of drug-likeness (QED) is 0.471. The zero-order valence-corrected chi connectivity index (χ0v) is 12.6. The zero-order valence-electron chi connectivity index (χ0n) is 11.1. The standard InChI is InChI=1S/C12H18BrN3O3/c1-3-4-14-5-9(2)6-15-7-10(13)12(17)11(8-15)16(18)19/h7-9,14H,3-6H2,1-2H3. The summed E-state index contributed by atoms with van der Waals surface area (Å²) in [5, 5.41) is 14.1. The van der Waals surface area contributed by atoms with E-state index in [1.54, 1.807) is 10.8 Å². The van der Waals surface area contributed by atoms with Gasteiger partial charge in [-0.15, -0.1) is 0 Å². The molecule has 1 heterocycles. The second-order valence-corrected chi connectivity index (χ2v) is 5.44. The van der Waals surface area contributed by atoms with Crippen molar-refractivity contribution in [3.05, 3.63) is 37.2 Å². The summed E-state index contributed by atoms with van der Waals surface area (Å²) in [4.78, 5) is 21.7. The van der Waals surface area contributed by atoms with E-state index in [0.717, 1.165) is 19.5 Å². The van der Waals surface area contributed by atoms with Crippen molar-refractivity contribution in [3.8, 4) is 0 Å². The van der Waals surface area contributed by atoms with E-state index in [9.17, 15) is 14.9 Å². The van der Waals surface area contributed by atoms with Gasteiger partial charge >= 0.3 is 5.69 Å². The van der Waals surface area contributed by atoms with Crippen LogP contribution in [0.25, 0.3) is 0 Å². The van der Waals surface area contributed by atoms with Crippen LogP contribution in [-0.4, -0.2) is 22.6 Å². The summed E-state index contributed by atoms with van der Waals surface area (Å²) in [7, 11) is 0. The van der Waals surface area contributed by atoms with Crippen molar-refractivity contribution in [3.63, 3.8) is 0 Å². The van der Waals surface area contributed by atoms with Crippen LogP contribution in [0.15, 0.2) is 21.7 Å². The highest BCUT2D eigenvalue weighted by molar-refractivity contribution is 9.10. The molecule has 1 aromatic heterocycles. The molecular weight excluding hydrogens is 314 g/mol. The van der Waals surface area contributed by atoms with E-state index in [-0.39, 0.29) is 4.47 Å². The van der Waals surface area contributed by atoms with Crippen LogP contribution in [0, 0.1) is 16.0 Å². The first-order valence-corrected chi connectivity index (χ1v) is 6.99. The molecule has 0 fully saturated rings. The number of aromatic nitrogens is 1. The summed E-state index contributed by atoms with van der Waals surface area (Å²) in [6, 6.07) is 0. The maximum absolute atomic E-state index is 11.5. The molecule has 0 radical (unpaired) electrons. The first-order chi connectivity index (χ1) is 8.95. The fourth-order valence-electron chi connectivity index (χ4n) is 1.76. The molecule has 0 spiro atoms. The topological polar surface area (TPSA) is 77.2 Å². The smallest absolute Gasteiger partial charge is 0.333 e. The van der Waals surface area contributed by atoms with Crippen LogP contribution in [0.3, 0.4) is 0 Å². The number of nitro groups is 1. The first kappa shape index (κ1) is 15.8. The van der Waals surface area contributed by atoms with Crippen molar-refractivity contribution >= 4 is 21.6 Å². The molecule has 0 amide bonds. The molecule has 0 aromatic carbocycles. The third-order valence-corrected chi connectivity index (χ3v) is 3.22. The Bertz CT molecular complexity index is 501. The molecule has 0 aliphatic heterocycles. The molecule has 106 valence electrons. The molecule has 0 saturated heterocycles. The first-order valence-electron chi connectivity index (χ1n) is 6.20. The van der Waals surface area contributed by atoms with Crippen molar-refractivity contribution < 1.29 is 4.92 Å². The van der Waals surface area contributed by atoms with E-state index in [0.29, 0.717) is 12.5 Å². The Morgan fingerprint density at radius 2 is 2.21 bits per heavy atom. The largest absolute Gasteiger partial charge is 0.347 e. The van der Waals surface area contributed by atoms with Crippen molar-refractivity contribution in [2.75, 3.05) is 13.1 Å². The zero-order chi connectivity index (χ0) is 14.4. The lowest BCUT2D eigenvalue weighted by molar-refractivity contribution is -0.386. The summed E-state index contributed by atoms with van der Waals surface area (Å²) in [6.45, 7) is 6.57. The Kier molecular flexibility index (Phi) is 6.17. The number of halogens is 1. The van der Waals surface area contributed by atoms with Crippen LogP contribution in [0.2, 0.25) is 0 Å². The predicted octanol–water partition coefficient (Wildman–Crippen LogP) is 2.15. The Morgan fingerprint density at radius 3 is 2.79 bits per heavy atom. The van der Waals surface area contributed by atoms with Gasteiger partial charge in [-0.05, 0) is 41.4 Å². The molecule has 1 atom stereocenters. The second kappa shape index (κ2) is 7.40. The third-order valence-electron chi connectivity index (χ3n) is 2.66. The summed E-state index contributed by atoms with van der Waals surface area (Å²) < 4.78 is 1.90. The van der Waals surface area contributed by atoms with Gasteiger partial charge in [-0.3, -0.25) is 14.9 Å². The number of pyridine rings is 1. The lowest BCUT2D eigenvalue weighted by Crippen LogP contribution is -2.25. The van der Waals surface area contributed by atoms with Gasteiger partial charge in [-0.2, -0.15) is 0 Å². The molecule has 1 rings (SSSR count). The Balaban J connectivity index is 2.79. The van der Waals surface area contributed by atoms with Crippen LogP contribution in [-0.2, 0) is 6.54 Å². The highest BCUT2D eigenvalue weighted by Crippen LogP contribution is 2.12. The molecule has 0 aliphatic carbocycles. The van der Waals surface area contributed by atoms with E-state index in [1.807, 2.05) is 0 Å². The Hall–Kier alpha value is -1.21. The van der Waals surface area contributed by atoms with Crippen LogP contribution in [0.5, 0.6) is 0 Å². The van der Waals surface area contributed by atoms with Gasteiger partial charge in [-0.25, -0.2) is 0 Å². The lowest BCUT2D eigenvalue weighted by Gasteiger charge is -2.14. The van der Waals surface area contributed by atoms with Crippen LogP contribution >= 0.6 is 15.9 Å². The maximum Gasteiger partial charge on any atom is 0.333 e. The molecule has 6 nitrogen and oxygen atoms in total. The maximum atomic E-state index is 11.5. The van der Waals surface area contributed by atoms with E-state index in [4.69, 9.17) is 0 Å². The molecule has 1 aromatic rings. The average molecular weight is 332 g/mol. The highest BCUT2D eigenvalue weighted by atomic mass is 79.9. The fourth-order valence-corrected chi connectivity index (χ4v) is 2.23. The van der Waals surface area contributed by atoms with Crippen molar-refractivity contribution in [2.24, 2.45) is 5.92 Å². The number of rotatable bonds is 7. The molecule has 1 unspecified atom stereocenters. The number of nitrogens with zero attached hydrogens (tertiary/aromatic N) is 2. The molecule has 1 N–H and O–H groups in total. The van der Waals surface area contributed by atoms with Gasteiger partial charge < -0.3 is 9.88 Å². The number of hydrogen-bond donors (Lipinski definition) is 1. The highest BCUT2D eigenvalue weighted by Gasteiger charge is 2.16. The van der Waals surface area contributed by atoms with Crippen molar-refractivity contribution in [1.29, 1.82) is 0 Å². The van der Waals surface area contributed by atoms with E-state index in [1.165, 1.54) is 6.20 Å². The molecule has 19 heavy (non-hydrogen) atoms. The third kappa shape index (κ3) is 4.76. The van der Waals surface area contributed by atoms with Gasteiger partial charge in [0.05, 0.1) is 15.6 Å². The SMILES string of the molecule is CCCNCC(C)Cn1cc(Br)c(=O)c([N+](=O)[O-])c1. The average Bonchev–Trinajstić information content (AvgIpc) is 2.33. The van der Waals surface area contributed by atoms with E-state index < -0.39 is 16.0 Å². The van der Waals surface area contributed by atoms with Crippen molar-refractivity contribution in [1.82, 2.24) is 9.88 Å². The lowest BCUT2D eigenvalue weighted by atomic mass is 10.1. The van der Waals surface area contributed by atoms with Crippen LogP contribution in [0.4, 0.5) is 5.69 Å². The fraction of sp³-hybridized carbons (Fsp3) is 0.583. The molecule has 7 heteroatoms. The normalized spacial score (nSPS) is 12.4. The molecule has 0 saturated carbocycles. The van der Waals surface area contributed by atoms with E-state index >= 15 is 0 Å². The van der Waals surface area contributed by atoms with Gasteiger partial charge in [-0.1, -0.05) is 13.8 Å². The Labute approximate surface area is 120 Å². The minimum Gasteiger partial charge on any atom is -0.347 e. The second-order valence-electron chi connectivity index (χ2n) is 4.58. The van der Waals surface area contributed by atoms with Gasteiger partial charge in [0.2, 0.25) is 0 Å². The van der Waals surface area contributed by atoms with Crippen LogP contribution < -0.4 is 10.7 Å². The number of hydrogen-bond acceptors (Lipinski definition) is 4. The minimum absolute atomic E-state index is 0.218. The number of nitrogens with one attached hydrogen (secondary N) is 1. The summed E-state index contributed by atoms with van der Waals surface area (Å²) in [5.41, 5.74) is -0.985. The Morgan fingerprint density at radius 1 is 1.53 bits per heavy atom. The van der Waals surface area contributed by atoms with Crippen LogP contribution in [0.1, 0.15) is 20.3 Å². The van der Waals surface area contributed by atoms with E-state index in [2.05, 4.69) is 35.1 Å². The van der Waals surface area contributed by atoms with Gasteiger partial charge in [0.1, 0.15) is 0 Å². The van der Waals surface area contributed by atoms with Gasteiger partial charge in [0.15, 0.2) is 0 Å². The predicted molar refractivity (Wildman–Crippen MR) is 77.4 cm³/mol. The summed E-state index contributed by atoms with van der Waals surface area (Å²) >= 11 is 3.07. The van der Waals surface area contributed by atoms with Gasteiger partial charge in [0, 0.05) is 12.7 Å². The van der Waals surface area contributed by atoms with Crippen molar-refractivity contribution in [2.45, 2.75) is 26.8 Å². The molecule has 0 aliphatic rings. The molecule has 0 bridgehead atoms. The minimum atomic E-state index is -0.649. The summed E-state index contributed by atoms with van der Waals surface area (Å²) in [5.74, 6) is 0.320. The van der Waals surface area contributed by atoms with Gasteiger partial charge in [0.25, 0.3) is 5.43 Å². The molecular formula is C12H18BrN3O3.